The fourth-order valence-electron chi connectivity index (χ4n) is 1.58. The number of carbonyl (C=O) groups excluding carboxylic acids is 1. The van der Waals surface area contributed by atoms with Crippen molar-refractivity contribution in [2.45, 2.75) is 40.0 Å². The minimum Gasteiger partial charge on any atom is -0.494 e. The number of rotatable bonds is 6. The van der Waals surface area contributed by atoms with Gasteiger partial charge in [-0.3, -0.25) is 4.79 Å². The van der Waals surface area contributed by atoms with E-state index >= 15 is 0 Å². The molecule has 0 aliphatic rings. The quantitative estimate of drug-likeness (QED) is 0.819. The van der Waals surface area contributed by atoms with Gasteiger partial charge in [0, 0.05) is 12.1 Å². The molecule has 0 atom stereocenters. The highest BCUT2D eigenvalue weighted by molar-refractivity contribution is 5.91. The Morgan fingerprint density at radius 3 is 2.71 bits per heavy atom. The van der Waals surface area contributed by atoms with E-state index in [1.54, 1.807) is 0 Å². The molecule has 1 amide bonds. The standard InChI is InChI=1S/C14H21NO2/c1-4-6-7-14(16)15-13-9-8-12(17-5-2)10-11(13)3/h8-10H,4-7H2,1-3H3,(H,15,16). The van der Waals surface area contributed by atoms with Crippen molar-refractivity contribution in [3.63, 3.8) is 0 Å². The summed E-state index contributed by atoms with van der Waals surface area (Å²) in [5.74, 6) is 0.927. The van der Waals surface area contributed by atoms with Crippen molar-refractivity contribution >= 4 is 11.6 Å². The summed E-state index contributed by atoms with van der Waals surface area (Å²) in [4.78, 5) is 11.6. The van der Waals surface area contributed by atoms with Crippen LogP contribution < -0.4 is 10.1 Å². The molecule has 0 saturated heterocycles. The summed E-state index contributed by atoms with van der Waals surface area (Å²) in [6, 6.07) is 5.72. The molecule has 0 fully saturated rings. The molecule has 0 radical (unpaired) electrons. The Morgan fingerprint density at radius 2 is 2.12 bits per heavy atom. The lowest BCUT2D eigenvalue weighted by Crippen LogP contribution is -2.11. The van der Waals surface area contributed by atoms with Crippen molar-refractivity contribution in [1.29, 1.82) is 0 Å². The first-order chi connectivity index (χ1) is 8.17. The van der Waals surface area contributed by atoms with Gasteiger partial charge in [0.15, 0.2) is 0 Å². The van der Waals surface area contributed by atoms with Crippen molar-refractivity contribution in [3.8, 4) is 5.75 Å². The monoisotopic (exact) mass is 235 g/mol. The zero-order chi connectivity index (χ0) is 12.7. The molecular weight excluding hydrogens is 214 g/mol. The van der Waals surface area contributed by atoms with Gasteiger partial charge in [-0.2, -0.15) is 0 Å². The number of nitrogens with one attached hydrogen (secondary N) is 1. The molecule has 1 aromatic rings. The zero-order valence-corrected chi connectivity index (χ0v) is 10.9. The highest BCUT2D eigenvalue weighted by Gasteiger charge is 2.05. The van der Waals surface area contributed by atoms with Gasteiger partial charge in [-0.1, -0.05) is 13.3 Å². The summed E-state index contributed by atoms with van der Waals surface area (Å²) in [5.41, 5.74) is 1.90. The molecule has 0 spiro atoms. The third-order valence-corrected chi connectivity index (χ3v) is 2.54. The Morgan fingerprint density at radius 1 is 1.35 bits per heavy atom. The van der Waals surface area contributed by atoms with Gasteiger partial charge in [0.1, 0.15) is 5.75 Å². The van der Waals surface area contributed by atoms with E-state index in [2.05, 4.69) is 12.2 Å². The molecule has 0 aliphatic heterocycles. The van der Waals surface area contributed by atoms with E-state index < -0.39 is 0 Å². The summed E-state index contributed by atoms with van der Waals surface area (Å²) in [5, 5.41) is 2.92. The van der Waals surface area contributed by atoms with Crippen LogP contribution in [0, 0.1) is 6.92 Å². The Bertz CT molecular complexity index is 374. The molecule has 0 aromatic heterocycles. The van der Waals surface area contributed by atoms with Crippen molar-refractivity contribution in [2.24, 2.45) is 0 Å². The number of unbranched alkanes of at least 4 members (excludes halogenated alkanes) is 1. The molecule has 0 bridgehead atoms. The minimum absolute atomic E-state index is 0.0825. The van der Waals surface area contributed by atoms with E-state index in [9.17, 15) is 4.79 Å². The van der Waals surface area contributed by atoms with Gasteiger partial charge in [0.25, 0.3) is 0 Å². The predicted molar refractivity (Wildman–Crippen MR) is 70.5 cm³/mol. The van der Waals surface area contributed by atoms with Crippen LogP contribution in [0.15, 0.2) is 18.2 Å². The maximum absolute atomic E-state index is 11.6. The van der Waals surface area contributed by atoms with Crippen LogP contribution in [0.2, 0.25) is 0 Å². The topological polar surface area (TPSA) is 38.3 Å². The van der Waals surface area contributed by atoms with Crippen molar-refractivity contribution in [2.75, 3.05) is 11.9 Å². The average Bonchev–Trinajstić information content (AvgIpc) is 2.30. The molecule has 3 heteroatoms. The van der Waals surface area contributed by atoms with Crippen LogP contribution in [0.1, 0.15) is 38.7 Å². The first-order valence-electron chi connectivity index (χ1n) is 6.20. The van der Waals surface area contributed by atoms with Crippen LogP contribution in [0.25, 0.3) is 0 Å². The Balaban J connectivity index is 2.62. The lowest BCUT2D eigenvalue weighted by Gasteiger charge is -2.10. The fraction of sp³-hybridized carbons (Fsp3) is 0.500. The van der Waals surface area contributed by atoms with Crippen molar-refractivity contribution in [3.05, 3.63) is 23.8 Å². The van der Waals surface area contributed by atoms with Gasteiger partial charge < -0.3 is 10.1 Å². The van der Waals surface area contributed by atoms with E-state index in [4.69, 9.17) is 4.74 Å². The summed E-state index contributed by atoms with van der Waals surface area (Å²) < 4.78 is 5.40. The second-order valence-corrected chi connectivity index (χ2v) is 4.06. The Hall–Kier alpha value is -1.51. The largest absolute Gasteiger partial charge is 0.494 e. The van der Waals surface area contributed by atoms with Gasteiger partial charge in [0.05, 0.1) is 6.61 Å². The lowest BCUT2D eigenvalue weighted by atomic mass is 10.1. The second-order valence-electron chi connectivity index (χ2n) is 4.06. The number of benzene rings is 1. The molecule has 0 unspecified atom stereocenters. The second kappa shape index (κ2) is 6.94. The predicted octanol–water partition coefficient (Wildman–Crippen LogP) is 3.52. The summed E-state index contributed by atoms with van der Waals surface area (Å²) in [7, 11) is 0. The van der Waals surface area contributed by atoms with Gasteiger partial charge in [-0.15, -0.1) is 0 Å². The van der Waals surface area contributed by atoms with Gasteiger partial charge in [0.2, 0.25) is 5.91 Å². The number of amides is 1. The van der Waals surface area contributed by atoms with Gasteiger partial charge >= 0.3 is 0 Å². The highest BCUT2D eigenvalue weighted by atomic mass is 16.5. The molecule has 0 saturated carbocycles. The van der Waals surface area contributed by atoms with Gasteiger partial charge in [-0.25, -0.2) is 0 Å². The van der Waals surface area contributed by atoms with E-state index in [-0.39, 0.29) is 5.91 Å². The number of aryl methyl sites for hydroxylation is 1. The lowest BCUT2D eigenvalue weighted by molar-refractivity contribution is -0.116. The first kappa shape index (κ1) is 13.6. The zero-order valence-electron chi connectivity index (χ0n) is 10.9. The van der Waals surface area contributed by atoms with E-state index in [0.29, 0.717) is 13.0 Å². The normalized spacial score (nSPS) is 10.1. The van der Waals surface area contributed by atoms with Gasteiger partial charge in [-0.05, 0) is 44.0 Å². The maximum atomic E-state index is 11.6. The summed E-state index contributed by atoms with van der Waals surface area (Å²) in [6.07, 6.45) is 2.56. The maximum Gasteiger partial charge on any atom is 0.224 e. The molecule has 1 rings (SSSR count). The van der Waals surface area contributed by atoms with E-state index in [0.717, 1.165) is 29.8 Å². The van der Waals surface area contributed by atoms with Crippen LogP contribution in [-0.4, -0.2) is 12.5 Å². The molecular formula is C14H21NO2. The number of hydrogen-bond acceptors (Lipinski definition) is 2. The minimum atomic E-state index is 0.0825. The number of carbonyl (C=O) groups is 1. The molecule has 0 heterocycles. The van der Waals surface area contributed by atoms with Crippen LogP contribution >= 0.6 is 0 Å². The fourth-order valence-corrected chi connectivity index (χ4v) is 1.58. The molecule has 3 nitrogen and oxygen atoms in total. The number of anilines is 1. The molecule has 0 aliphatic carbocycles. The molecule has 94 valence electrons. The van der Waals surface area contributed by atoms with Crippen LogP contribution in [-0.2, 0) is 4.79 Å². The number of hydrogen-bond donors (Lipinski definition) is 1. The first-order valence-corrected chi connectivity index (χ1v) is 6.20. The smallest absolute Gasteiger partial charge is 0.224 e. The third kappa shape index (κ3) is 4.47. The van der Waals surface area contributed by atoms with E-state index in [1.165, 1.54) is 0 Å². The average molecular weight is 235 g/mol. The SMILES string of the molecule is CCCCC(=O)Nc1ccc(OCC)cc1C. The Labute approximate surface area is 103 Å². The number of ether oxygens (including phenoxy) is 1. The van der Waals surface area contributed by atoms with Crippen LogP contribution in [0.5, 0.6) is 5.75 Å². The molecule has 17 heavy (non-hydrogen) atoms. The van der Waals surface area contributed by atoms with Crippen LogP contribution in [0.3, 0.4) is 0 Å². The summed E-state index contributed by atoms with van der Waals surface area (Å²) >= 11 is 0. The Kier molecular flexibility index (Phi) is 5.53. The van der Waals surface area contributed by atoms with Crippen molar-refractivity contribution < 1.29 is 9.53 Å². The van der Waals surface area contributed by atoms with Crippen LogP contribution in [0.4, 0.5) is 5.69 Å². The highest BCUT2D eigenvalue weighted by Crippen LogP contribution is 2.21. The van der Waals surface area contributed by atoms with E-state index in [1.807, 2.05) is 32.0 Å². The summed E-state index contributed by atoms with van der Waals surface area (Å²) in [6.45, 7) is 6.66. The third-order valence-electron chi connectivity index (χ3n) is 2.54. The molecule has 1 N–H and O–H groups in total. The molecule has 1 aromatic carbocycles. The van der Waals surface area contributed by atoms with Crippen molar-refractivity contribution in [1.82, 2.24) is 0 Å².